The van der Waals surface area contributed by atoms with E-state index in [4.69, 9.17) is 4.74 Å². The van der Waals surface area contributed by atoms with Crippen molar-refractivity contribution in [2.45, 2.75) is 52.5 Å². The van der Waals surface area contributed by atoms with Gasteiger partial charge in [-0.05, 0) is 44.7 Å². The van der Waals surface area contributed by atoms with Gasteiger partial charge in [0.25, 0.3) is 5.91 Å². The summed E-state index contributed by atoms with van der Waals surface area (Å²) in [7, 11) is 0. The minimum atomic E-state index is 0.00495. The Morgan fingerprint density at radius 1 is 1.16 bits per heavy atom. The van der Waals surface area contributed by atoms with Gasteiger partial charge in [0.05, 0.1) is 0 Å². The van der Waals surface area contributed by atoms with E-state index < -0.39 is 0 Å². The highest BCUT2D eigenvalue weighted by molar-refractivity contribution is 5.79. The Morgan fingerprint density at radius 3 is 2.32 bits per heavy atom. The molecule has 0 spiro atoms. The van der Waals surface area contributed by atoms with Crippen molar-refractivity contribution in [3.8, 4) is 5.75 Å². The lowest BCUT2D eigenvalue weighted by atomic mass is 10.00. The molecule has 0 bridgehead atoms. The number of carbonyl (C=O) groups is 2. The van der Waals surface area contributed by atoms with Crippen LogP contribution in [0.2, 0.25) is 0 Å². The van der Waals surface area contributed by atoms with Gasteiger partial charge in [-0.1, -0.05) is 31.5 Å². The molecule has 1 aromatic rings. The smallest absolute Gasteiger partial charge is 0.260 e. The van der Waals surface area contributed by atoms with Crippen molar-refractivity contribution in [1.29, 1.82) is 0 Å². The molecule has 1 aromatic carbocycles. The monoisotopic (exact) mass is 346 g/mol. The molecule has 138 valence electrons. The number of likely N-dealkylation sites (tertiary alicyclic amines) is 1. The first kappa shape index (κ1) is 19.3. The average Bonchev–Trinajstić information content (AvgIpc) is 2.62. The summed E-state index contributed by atoms with van der Waals surface area (Å²) < 4.78 is 5.57. The van der Waals surface area contributed by atoms with Gasteiger partial charge in [0.15, 0.2) is 6.61 Å². The topological polar surface area (TPSA) is 58.6 Å². The van der Waals surface area contributed by atoms with E-state index in [1.165, 1.54) is 0 Å². The molecule has 25 heavy (non-hydrogen) atoms. The van der Waals surface area contributed by atoms with E-state index in [1.807, 2.05) is 49.9 Å². The predicted octanol–water partition coefficient (Wildman–Crippen LogP) is 2.92. The molecule has 1 N–H and O–H groups in total. The molecule has 0 aromatic heterocycles. The van der Waals surface area contributed by atoms with E-state index in [9.17, 15) is 9.59 Å². The Hall–Kier alpha value is -2.04. The maximum atomic E-state index is 12.3. The highest BCUT2D eigenvalue weighted by Crippen LogP contribution is 2.15. The highest BCUT2D eigenvalue weighted by Gasteiger charge is 2.25. The standard InChI is InChI=1S/C20H30N2O3/c1-4-16(5-2)20(24)21-17-10-12-22(13-11-17)19(23)14-25-18-8-6-15(3)7-9-18/h6-9,16-17H,4-5,10-14H2,1-3H3,(H,21,24). The average molecular weight is 346 g/mol. The molecule has 0 aliphatic carbocycles. The van der Waals surface area contributed by atoms with Gasteiger partial charge in [0, 0.05) is 25.0 Å². The summed E-state index contributed by atoms with van der Waals surface area (Å²) in [4.78, 5) is 26.3. The first-order chi connectivity index (χ1) is 12.0. The fourth-order valence-electron chi connectivity index (χ4n) is 3.12. The molecule has 5 heteroatoms. The maximum absolute atomic E-state index is 12.3. The number of hydrogen-bond donors (Lipinski definition) is 1. The number of rotatable bonds is 7. The van der Waals surface area contributed by atoms with Crippen LogP contribution < -0.4 is 10.1 Å². The number of nitrogens with zero attached hydrogens (tertiary/aromatic N) is 1. The number of aryl methyl sites for hydroxylation is 1. The predicted molar refractivity (Wildman–Crippen MR) is 98.5 cm³/mol. The number of ether oxygens (including phenoxy) is 1. The number of nitrogens with one attached hydrogen (secondary N) is 1. The van der Waals surface area contributed by atoms with Crippen LogP contribution in [0.3, 0.4) is 0 Å². The Labute approximate surface area is 150 Å². The van der Waals surface area contributed by atoms with E-state index in [0.717, 1.165) is 31.2 Å². The zero-order valence-corrected chi connectivity index (χ0v) is 15.6. The van der Waals surface area contributed by atoms with Crippen LogP contribution in [-0.4, -0.2) is 42.5 Å². The quantitative estimate of drug-likeness (QED) is 0.826. The van der Waals surface area contributed by atoms with Crippen LogP contribution in [-0.2, 0) is 9.59 Å². The summed E-state index contributed by atoms with van der Waals surface area (Å²) in [5.74, 6) is 0.969. The minimum Gasteiger partial charge on any atom is -0.484 e. The largest absolute Gasteiger partial charge is 0.484 e. The number of carbonyl (C=O) groups excluding carboxylic acids is 2. The number of amides is 2. The molecule has 1 aliphatic heterocycles. The van der Waals surface area contributed by atoms with Crippen molar-refractivity contribution < 1.29 is 14.3 Å². The molecule has 1 aliphatic rings. The normalized spacial score (nSPS) is 15.3. The molecule has 1 heterocycles. The summed E-state index contributed by atoms with van der Waals surface area (Å²) in [6.07, 6.45) is 3.36. The molecular weight excluding hydrogens is 316 g/mol. The van der Waals surface area contributed by atoms with Crippen LogP contribution in [0.15, 0.2) is 24.3 Å². The van der Waals surface area contributed by atoms with E-state index in [-0.39, 0.29) is 30.4 Å². The minimum absolute atomic E-state index is 0.00495. The molecule has 0 atom stereocenters. The van der Waals surface area contributed by atoms with E-state index in [0.29, 0.717) is 18.8 Å². The maximum Gasteiger partial charge on any atom is 0.260 e. The first-order valence-electron chi connectivity index (χ1n) is 9.31. The van der Waals surface area contributed by atoms with Crippen molar-refractivity contribution in [3.05, 3.63) is 29.8 Å². The third-order valence-electron chi connectivity index (χ3n) is 4.93. The first-order valence-corrected chi connectivity index (χ1v) is 9.31. The zero-order chi connectivity index (χ0) is 18.2. The Kier molecular flexibility index (Phi) is 7.29. The SMILES string of the molecule is CCC(CC)C(=O)NC1CCN(C(=O)COc2ccc(C)cc2)CC1. The van der Waals surface area contributed by atoms with E-state index in [1.54, 1.807) is 0 Å². The van der Waals surface area contributed by atoms with Crippen molar-refractivity contribution in [3.63, 3.8) is 0 Å². The molecular formula is C20H30N2O3. The summed E-state index contributed by atoms with van der Waals surface area (Å²) >= 11 is 0. The van der Waals surface area contributed by atoms with Gasteiger partial charge in [0.1, 0.15) is 5.75 Å². The lowest BCUT2D eigenvalue weighted by molar-refractivity contribution is -0.134. The van der Waals surface area contributed by atoms with Gasteiger partial charge in [-0.15, -0.1) is 0 Å². The molecule has 0 unspecified atom stereocenters. The summed E-state index contributed by atoms with van der Waals surface area (Å²) in [5, 5.41) is 3.14. The summed E-state index contributed by atoms with van der Waals surface area (Å²) in [6.45, 7) is 7.51. The van der Waals surface area contributed by atoms with Gasteiger partial charge in [-0.2, -0.15) is 0 Å². The second-order valence-corrected chi connectivity index (χ2v) is 6.78. The molecule has 0 saturated carbocycles. The Bertz CT molecular complexity index is 559. The van der Waals surface area contributed by atoms with Crippen molar-refractivity contribution in [2.24, 2.45) is 5.92 Å². The number of piperidine rings is 1. The molecule has 2 amide bonds. The van der Waals surface area contributed by atoms with Gasteiger partial charge in [0.2, 0.25) is 5.91 Å². The number of hydrogen-bond acceptors (Lipinski definition) is 3. The summed E-state index contributed by atoms with van der Waals surface area (Å²) in [6, 6.07) is 7.86. The second kappa shape index (κ2) is 9.44. The van der Waals surface area contributed by atoms with Crippen molar-refractivity contribution in [2.75, 3.05) is 19.7 Å². The fraction of sp³-hybridized carbons (Fsp3) is 0.600. The molecule has 1 fully saturated rings. The molecule has 5 nitrogen and oxygen atoms in total. The van der Waals surface area contributed by atoms with Gasteiger partial charge in [-0.3, -0.25) is 9.59 Å². The fourth-order valence-corrected chi connectivity index (χ4v) is 3.12. The lowest BCUT2D eigenvalue weighted by Gasteiger charge is -2.33. The Balaban J connectivity index is 1.72. The zero-order valence-electron chi connectivity index (χ0n) is 15.6. The van der Waals surface area contributed by atoms with Crippen LogP contribution >= 0.6 is 0 Å². The van der Waals surface area contributed by atoms with Crippen LogP contribution in [0.1, 0.15) is 45.1 Å². The van der Waals surface area contributed by atoms with E-state index in [2.05, 4.69) is 5.32 Å². The lowest BCUT2D eigenvalue weighted by Crippen LogP contribution is -2.48. The van der Waals surface area contributed by atoms with Crippen LogP contribution in [0.5, 0.6) is 5.75 Å². The molecule has 1 saturated heterocycles. The van der Waals surface area contributed by atoms with Crippen LogP contribution in [0.25, 0.3) is 0 Å². The van der Waals surface area contributed by atoms with Crippen molar-refractivity contribution in [1.82, 2.24) is 10.2 Å². The van der Waals surface area contributed by atoms with Crippen LogP contribution in [0.4, 0.5) is 0 Å². The Morgan fingerprint density at radius 2 is 1.76 bits per heavy atom. The van der Waals surface area contributed by atoms with Gasteiger partial charge < -0.3 is 15.0 Å². The highest BCUT2D eigenvalue weighted by atomic mass is 16.5. The van der Waals surface area contributed by atoms with Crippen molar-refractivity contribution >= 4 is 11.8 Å². The second-order valence-electron chi connectivity index (χ2n) is 6.78. The van der Waals surface area contributed by atoms with Crippen LogP contribution in [0, 0.1) is 12.8 Å². The van der Waals surface area contributed by atoms with E-state index >= 15 is 0 Å². The van der Waals surface area contributed by atoms with Gasteiger partial charge >= 0.3 is 0 Å². The molecule has 0 radical (unpaired) electrons. The summed E-state index contributed by atoms with van der Waals surface area (Å²) in [5.41, 5.74) is 1.16. The van der Waals surface area contributed by atoms with Gasteiger partial charge in [-0.25, -0.2) is 0 Å². The third kappa shape index (κ3) is 5.76. The third-order valence-corrected chi connectivity index (χ3v) is 4.93. The molecule has 2 rings (SSSR count). The number of benzene rings is 1.